The van der Waals surface area contributed by atoms with Gasteiger partial charge in [0.05, 0.1) is 13.2 Å². The summed E-state index contributed by atoms with van der Waals surface area (Å²) in [5, 5.41) is 65.5. The summed E-state index contributed by atoms with van der Waals surface area (Å²) in [5.74, 6) is -1.45. The summed E-state index contributed by atoms with van der Waals surface area (Å²) in [4.78, 5) is 49.1. The van der Waals surface area contributed by atoms with Gasteiger partial charge in [0.25, 0.3) is 0 Å². The lowest BCUT2D eigenvalue weighted by Crippen LogP contribution is -2.47. The summed E-state index contributed by atoms with van der Waals surface area (Å²) in [6, 6.07) is 0. The SMILES string of the molecule is O=C[C@H](OP(=O)(O)OCC(=O)[C@@H](O)[C@H](O)[C@H](O)CO)[C@@H](O)[C@H](O)[C@H](O)COP(=O)(O)O. The number of aliphatic hydroxyl groups is 7. The van der Waals surface area contributed by atoms with E-state index < -0.39 is 84.0 Å². The molecule has 10 N–H and O–H groups in total. The standard InChI is InChI=1S/C12H24O17P2/c13-1-5(15)9(18)10(19)7(17)4-28-31(25,26)29-8(2-14)12(21)11(20)6(16)3-27-30(22,23)24/h2,5-6,8-13,15-16,18-21H,1,3-4H2,(H,25,26)(H2,22,23,24)/t5-,6-,8+,9-,10-,11-,12-/m1/s1. The molecule has 0 aromatic rings. The highest BCUT2D eigenvalue weighted by atomic mass is 31.2. The molecule has 1 unspecified atom stereocenters. The smallest absolute Gasteiger partial charge is 0.394 e. The van der Waals surface area contributed by atoms with Gasteiger partial charge in [-0.2, -0.15) is 0 Å². The third-order valence-corrected chi connectivity index (χ3v) is 4.94. The van der Waals surface area contributed by atoms with E-state index in [2.05, 4.69) is 13.6 Å². The van der Waals surface area contributed by atoms with E-state index in [1.54, 1.807) is 0 Å². The number of phosphoric ester groups is 2. The van der Waals surface area contributed by atoms with Crippen LogP contribution in [0.5, 0.6) is 0 Å². The Labute approximate surface area is 173 Å². The molecule has 31 heavy (non-hydrogen) atoms. The molecule has 0 bridgehead atoms. The molecule has 0 aliphatic heterocycles. The Morgan fingerprint density at radius 3 is 1.87 bits per heavy atom. The molecule has 0 saturated heterocycles. The van der Waals surface area contributed by atoms with Gasteiger partial charge >= 0.3 is 15.6 Å². The van der Waals surface area contributed by atoms with Gasteiger partial charge in [-0.05, 0) is 0 Å². The van der Waals surface area contributed by atoms with Gasteiger partial charge in [-0.25, -0.2) is 9.13 Å². The number of aldehydes is 1. The summed E-state index contributed by atoms with van der Waals surface area (Å²) in [6.45, 7) is -3.65. The molecule has 0 aliphatic rings. The first-order chi connectivity index (χ1) is 14.1. The molecule has 0 fully saturated rings. The first-order valence-electron chi connectivity index (χ1n) is 8.09. The molecule has 0 saturated carbocycles. The molecule has 0 rings (SSSR count). The minimum Gasteiger partial charge on any atom is -0.394 e. The van der Waals surface area contributed by atoms with E-state index in [0.717, 1.165) is 0 Å². The van der Waals surface area contributed by atoms with Crippen LogP contribution in [0.4, 0.5) is 0 Å². The predicted octanol–water partition coefficient (Wildman–Crippen LogP) is -5.48. The van der Waals surface area contributed by atoms with Crippen LogP contribution >= 0.6 is 15.6 Å². The van der Waals surface area contributed by atoms with Gasteiger partial charge in [0.15, 0.2) is 18.2 Å². The molecule has 0 heterocycles. The second-order valence-electron chi connectivity index (χ2n) is 5.93. The third-order valence-electron chi connectivity index (χ3n) is 3.49. The largest absolute Gasteiger partial charge is 0.473 e. The first kappa shape index (κ1) is 30.3. The highest BCUT2D eigenvalue weighted by Crippen LogP contribution is 2.45. The zero-order chi connectivity index (χ0) is 24.6. The third kappa shape index (κ3) is 11.1. The molecular weight excluding hydrogens is 478 g/mol. The van der Waals surface area contributed by atoms with Gasteiger partial charge in [0.2, 0.25) is 0 Å². The molecule has 0 aromatic carbocycles. The minimum absolute atomic E-state index is 0.311. The molecule has 19 heteroatoms. The molecule has 17 nitrogen and oxygen atoms in total. The van der Waals surface area contributed by atoms with E-state index >= 15 is 0 Å². The van der Waals surface area contributed by atoms with Crippen molar-refractivity contribution in [3.05, 3.63) is 0 Å². The zero-order valence-electron chi connectivity index (χ0n) is 15.5. The van der Waals surface area contributed by atoms with E-state index in [1.807, 2.05) is 0 Å². The highest BCUT2D eigenvalue weighted by molar-refractivity contribution is 7.47. The van der Waals surface area contributed by atoms with E-state index in [-0.39, 0.29) is 6.29 Å². The first-order valence-corrected chi connectivity index (χ1v) is 11.1. The van der Waals surface area contributed by atoms with Gasteiger partial charge in [-0.15, -0.1) is 0 Å². The van der Waals surface area contributed by atoms with Crippen molar-refractivity contribution in [3.8, 4) is 0 Å². The van der Waals surface area contributed by atoms with Crippen LogP contribution in [-0.4, -0.2) is 125 Å². The Bertz CT molecular complexity index is 665. The molecule has 0 aromatic heterocycles. The zero-order valence-corrected chi connectivity index (χ0v) is 17.3. The Balaban J connectivity index is 4.93. The maximum Gasteiger partial charge on any atom is 0.473 e. The van der Waals surface area contributed by atoms with Crippen molar-refractivity contribution in [2.24, 2.45) is 0 Å². The van der Waals surface area contributed by atoms with Crippen molar-refractivity contribution in [1.82, 2.24) is 0 Å². The molecule has 0 aliphatic carbocycles. The van der Waals surface area contributed by atoms with E-state index in [9.17, 15) is 49.1 Å². The number of carbonyl (C=O) groups is 2. The maximum atomic E-state index is 11.8. The van der Waals surface area contributed by atoms with Crippen LogP contribution in [0, 0.1) is 0 Å². The number of ketones is 1. The number of carbonyl (C=O) groups excluding carboxylic acids is 2. The van der Waals surface area contributed by atoms with Gasteiger partial charge in [0, 0.05) is 0 Å². The monoisotopic (exact) mass is 502 g/mol. The quantitative estimate of drug-likeness (QED) is 0.0695. The maximum absolute atomic E-state index is 11.8. The number of phosphoric acid groups is 2. The highest BCUT2D eigenvalue weighted by Gasteiger charge is 2.39. The van der Waals surface area contributed by atoms with Crippen molar-refractivity contribution in [2.45, 2.75) is 42.7 Å². The minimum atomic E-state index is -5.35. The van der Waals surface area contributed by atoms with Crippen molar-refractivity contribution >= 4 is 27.7 Å². The molecule has 8 atom stereocenters. The van der Waals surface area contributed by atoms with Crippen LogP contribution in [-0.2, 0) is 32.3 Å². The number of hydrogen-bond acceptors (Lipinski definition) is 14. The van der Waals surface area contributed by atoms with Crippen LogP contribution in [0.25, 0.3) is 0 Å². The van der Waals surface area contributed by atoms with Gasteiger partial charge in [-0.1, -0.05) is 0 Å². The van der Waals surface area contributed by atoms with E-state index in [0.29, 0.717) is 0 Å². The Hall–Kier alpha value is -0.720. The average Bonchev–Trinajstić information content (AvgIpc) is 2.70. The fraction of sp³-hybridized carbons (Fsp3) is 0.833. The topological polar surface area (TPSA) is 298 Å². The lowest BCUT2D eigenvalue weighted by atomic mass is 10.0. The summed E-state index contributed by atoms with van der Waals surface area (Å²) in [7, 11) is -10.4. The van der Waals surface area contributed by atoms with E-state index in [4.69, 9.17) is 20.0 Å². The Morgan fingerprint density at radius 2 is 1.42 bits per heavy atom. The number of hydrogen-bond donors (Lipinski definition) is 10. The lowest BCUT2D eigenvalue weighted by molar-refractivity contribution is -0.143. The summed E-state index contributed by atoms with van der Waals surface area (Å²) < 4.78 is 34.6. The molecule has 0 spiro atoms. The lowest BCUT2D eigenvalue weighted by Gasteiger charge is -2.27. The number of rotatable bonds is 16. The predicted molar refractivity (Wildman–Crippen MR) is 92.8 cm³/mol. The van der Waals surface area contributed by atoms with Gasteiger partial charge in [-0.3, -0.25) is 18.4 Å². The number of Topliss-reactive ketones (excluding diaryl/α,β-unsaturated/α-hetero) is 1. The van der Waals surface area contributed by atoms with Crippen molar-refractivity contribution in [3.63, 3.8) is 0 Å². The van der Waals surface area contributed by atoms with Gasteiger partial charge < -0.3 is 55.2 Å². The molecular formula is C12H24O17P2. The normalized spacial score (nSPS) is 21.2. The van der Waals surface area contributed by atoms with Crippen LogP contribution in [0.15, 0.2) is 0 Å². The summed E-state index contributed by atoms with van der Waals surface area (Å²) >= 11 is 0. The van der Waals surface area contributed by atoms with Crippen LogP contribution < -0.4 is 0 Å². The van der Waals surface area contributed by atoms with Crippen molar-refractivity contribution in [2.75, 3.05) is 19.8 Å². The van der Waals surface area contributed by atoms with Crippen LogP contribution in [0.2, 0.25) is 0 Å². The Kier molecular flexibility index (Phi) is 12.8. The van der Waals surface area contributed by atoms with E-state index in [1.165, 1.54) is 0 Å². The summed E-state index contributed by atoms with van der Waals surface area (Å²) in [6.07, 6.45) is -16.1. The fourth-order valence-corrected chi connectivity index (χ4v) is 2.97. The van der Waals surface area contributed by atoms with Crippen molar-refractivity contribution in [1.29, 1.82) is 0 Å². The van der Waals surface area contributed by atoms with Crippen molar-refractivity contribution < 1.29 is 82.7 Å². The van der Waals surface area contributed by atoms with Crippen LogP contribution in [0.1, 0.15) is 0 Å². The molecule has 0 radical (unpaired) electrons. The van der Waals surface area contributed by atoms with Crippen LogP contribution in [0.3, 0.4) is 0 Å². The average molecular weight is 502 g/mol. The second-order valence-corrected chi connectivity index (χ2v) is 8.58. The number of aliphatic hydroxyl groups excluding tert-OH is 7. The Morgan fingerprint density at radius 1 is 0.871 bits per heavy atom. The van der Waals surface area contributed by atoms with Gasteiger partial charge in [0.1, 0.15) is 43.2 Å². The summed E-state index contributed by atoms with van der Waals surface area (Å²) in [5.41, 5.74) is 0. The molecule has 184 valence electrons. The molecule has 0 amide bonds. The fourth-order valence-electron chi connectivity index (χ4n) is 1.79. The second kappa shape index (κ2) is 13.1.